The first kappa shape index (κ1) is 17.1. The average molecular weight is 277 g/mol. The van der Waals surface area contributed by atoms with Gasteiger partial charge in [-0.3, -0.25) is 9.88 Å². The highest BCUT2D eigenvalue weighted by molar-refractivity contribution is 5.09. The van der Waals surface area contributed by atoms with Gasteiger partial charge in [-0.2, -0.15) is 0 Å². The Morgan fingerprint density at radius 1 is 1.20 bits per heavy atom. The zero-order chi connectivity index (χ0) is 15.0. The fraction of sp³-hybridized carbons (Fsp3) is 0.706. The molecule has 0 radical (unpaired) electrons. The lowest BCUT2D eigenvalue weighted by Gasteiger charge is -2.46. The highest BCUT2D eigenvalue weighted by Gasteiger charge is 2.36. The molecule has 1 rings (SSSR count). The van der Waals surface area contributed by atoms with Crippen molar-refractivity contribution in [3.8, 4) is 0 Å². The minimum atomic E-state index is 0.164. The van der Waals surface area contributed by atoms with E-state index in [9.17, 15) is 0 Å². The molecule has 0 spiro atoms. The van der Waals surface area contributed by atoms with Gasteiger partial charge in [-0.15, -0.1) is 0 Å². The first-order valence-corrected chi connectivity index (χ1v) is 8.00. The Labute approximate surface area is 124 Å². The van der Waals surface area contributed by atoms with E-state index in [1.165, 1.54) is 5.69 Å². The van der Waals surface area contributed by atoms with Gasteiger partial charge in [0.25, 0.3) is 0 Å². The fourth-order valence-corrected chi connectivity index (χ4v) is 3.12. The van der Waals surface area contributed by atoms with Crippen LogP contribution in [0.5, 0.6) is 0 Å². The molecule has 114 valence electrons. The first-order valence-electron chi connectivity index (χ1n) is 8.00. The van der Waals surface area contributed by atoms with Crippen LogP contribution in [0.15, 0.2) is 24.4 Å². The van der Waals surface area contributed by atoms with E-state index in [0.29, 0.717) is 6.04 Å². The van der Waals surface area contributed by atoms with Crippen molar-refractivity contribution >= 4 is 0 Å². The number of rotatable bonds is 9. The maximum Gasteiger partial charge on any atom is 0.0419 e. The molecule has 0 fully saturated rings. The quantitative estimate of drug-likeness (QED) is 0.752. The van der Waals surface area contributed by atoms with Crippen molar-refractivity contribution in [1.29, 1.82) is 0 Å². The van der Waals surface area contributed by atoms with Crippen LogP contribution in [-0.4, -0.2) is 41.1 Å². The second kappa shape index (κ2) is 8.38. The Morgan fingerprint density at radius 3 is 2.35 bits per heavy atom. The summed E-state index contributed by atoms with van der Waals surface area (Å²) in [7, 11) is 0. The number of nitrogens with one attached hydrogen (secondary N) is 1. The smallest absolute Gasteiger partial charge is 0.0419 e. The SMILES string of the molecule is CCNC(Cc1ccccn1)C(C)(CC)N(CC)CC. The second-order valence-electron chi connectivity index (χ2n) is 5.52. The highest BCUT2D eigenvalue weighted by atomic mass is 15.2. The van der Waals surface area contributed by atoms with Crippen molar-refractivity contribution in [2.24, 2.45) is 0 Å². The molecule has 1 aromatic heterocycles. The molecule has 0 amide bonds. The lowest BCUT2D eigenvalue weighted by molar-refractivity contribution is 0.0703. The molecule has 1 heterocycles. The first-order chi connectivity index (χ1) is 9.62. The van der Waals surface area contributed by atoms with Crippen molar-refractivity contribution in [3.63, 3.8) is 0 Å². The number of hydrogen-bond acceptors (Lipinski definition) is 3. The van der Waals surface area contributed by atoms with Gasteiger partial charge >= 0.3 is 0 Å². The largest absolute Gasteiger partial charge is 0.312 e. The normalized spacial score (nSPS) is 16.1. The van der Waals surface area contributed by atoms with E-state index in [1.54, 1.807) is 0 Å². The summed E-state index contributed by atoms with van der Waals surface area (Å²) in [5.74, 6) is 0. The summed E-state index contributed by atoms with van der Waals surface area (Å²) < 4.78 is 0. The van der Waals surface area contributed by atoms with Gasteiger partial charge < -0.3 is 5.32 Å². The molecule has 2 atom stereocenters. The van der Waals surface area contributed by atoms with E-state index in [1.807, 2.05) is 12.3 Å². The maximum absolute atomic E-state index is 4.50. The summed E-state index contributed by atoms with van der Waals surface area (Å²) in [5.41, 5.74) is 1.34. The predicted molar refractivity (Wildman–Crippen MR) is 87.0 cm³/mol. The van der Waals surface area contributed by atoms with E-state index in [4.69, 9.17) is 0 Å². The van der Waals surface area contributed by atoms with Crippen LogP contribution in [0.4, 0.5) is 0 Å². The fourth-order valence-electron chi connectivity index (χ4n) is 3.12. The van der Waals surface area contributed by atoms with Crippen LogP contribution in [-0.2, 0) is 6.42 Å². The van der Waals surface area contributed by atoms with Gasteiger partial charge in [-0.05, 0) is 45.1 Å². The van der Waals surface area contributed by atoms with Crippen LogP contribution in [0.2, 0.25) is 0 Å². The minimum Gasteiger partial charge on any atom is -0.312 e. The van der Waals surface area contributed by atoms with Gasteiger partial charge in [0.2, 0.25) is 0 Å². The number of nitrogens with zero attached hydrogens (tertiary/aromatic N) is 2. The predicted octanol–water partition coefficient (Wildman–Crippen LogP) is 3.11. The summed E-state index contributed by atoms with van der Waals surface area (Å²) >= 11 is 0. The van der Waals surface area contributed by atoms with Gasteiger partial charge in [-0.1, -0.05) is 33.8 Å². The average Bonchev–Trinajstić information content (AvgIpc) is 2.48. The van der Waals surface area contributed by atoms with Crippen LogP contribution >= 0.6 is 0 Å². The number of pyridine rings is 1. The van der Waals surface area contributed by atoms with Crippen molar-refractivity contribution in [2.45, 2.75) is 59.0 Å². The van der Waals surface area contributed by atoms with Crippen LogP contribution < -0.4 is 5.32 Å². The lowest BCUT2D eigenvalue weighted by Crippen LogP contribution is -2.60. The summed E-state index contributed by atoms with van der Waals surface area (Å²) in [6, 6.07) is 6.61. The minimum absolute atomic E-state index is 0.164. The molecule has 1 N–H and O–H groups in total. The van der Waals surface area contributed by atoms with Gasteiger partial charge in [0.15, 0.2) is 0 Å². The molecule has 2 unspecified atom stereocenters. The van der Waals surface area contributed by atoms with Crippen LogP contribution in [0, 0.1) is 0 Å². The molecule has 3 nitrogen and oxygen atoms in total. The molecule has 0 aliphatic heterocycles. The molecule has 0 bridgehead atoms. The van der Waals surface area contributed by atoms with Crippen molar-refractivity contribution < 1.29 is 0 Å². The molecule has 0 aliphatic rings. The van der Waals surface area contributed by atoms with E-state index >= 15 is 0 Å². The highest BCUT2D eigenvalue weighted by Crippen LogP contribution is 2.25. The maximum atomic E-state index is 4.50. The van der Waals surface area contributed by atoms with Crippen LogP contribution in [0.3, 0.4) is 0 Å². The Kier molecular flexibility index (Phi) is 7.17. The van der Waals surface area contributed by atoms with Crippen molar-refractivity contribution in [1.82, 2.24) is 15.2 Å². The molecular weight excluding hydrogens is 246 g/mol. The standard InChI is InChI=1S/C17H31N3/c1-6-17(5,20(8-3)9-4)16(18-7-2)14-15-12-10-11-13-19-15/h10-13,16,18H,6-9,14H2,1-5H3. The van der Waals surface area contributed by atoms with Crippen LogP contribution in [0.25, 0.3) is 0 Å². The third kappa shape index (κ3) is 4.03. The van der Waals surface area contributed by atoms with Gasteiger partial charge in [0.1, 0.15) is 0 Å². The van der Waals surface area contributed by atoms with Gasteiger partial charge in [0.05, 0.1) is 0 Å². The molecule has 1 aromatic rings. The molecule has 0 aromatic carbocycles. The molecule has 0 saturated carbocycles. The van der Waals surface area contributed by atoms with E-state index in [0.717, 1.165) is 32.5 Å². The summed E-state index contributed by atoms with van der Waals surface area (Å²) in [6.07, 6.45) is 4.01. The van der Waals surface area contributed by atoms with Gasteiger partial charge in [-0.25, -0.2) is 0 Å². The number of aromatic nitrogens is 1. The van der Waals surface area contributed by atoms with Crippen molar-refractivity contribution in [3.05, 3.63) is 30.1 Å². The Morgan fingerprint density at radius 2 is 1.90 bits per heavy atom. The third-order valence-electron chi connectivity index (χ3n) is 4.54. The van der Waals surface area contributed by atoms with E-state index < -0.39 is 0 Å². The van der Waals surface area contributed by atoms with Crippen molar-refractivity contribution in [2.75, 3.05) is 19.6 Å². The van der Waals surface area contributed by atoms with E-state index in [-0.39, 0.29) is 5.54 Å². The number of likely N-dealkylation sites (N-methyl/N-ethyl adjacent to an activating group) is 2. The second-order valence-corrected chi connectivity index (χ2v) is 5.52. The Hall–Kier alpha value is -0.930. The lowest BCUT2D eigenvalue weighted by atomic mass is 9.84. The topological polar surface area (TPSA) is 28.2 Å². The summed E-state index contributed by atoms with van der Waals surface area (Å²) in [4.78, 5) is 7.07. The third-order valence-corrected chi connectivity index (χ3v) is 4.54. The molecule has 3 heteroatoms. The Bertz CT molecular complexity index is 362. The zero-order valence-electron chi connectivity index (χ0n) is 13.8. The monoisotopic (exact) mass is 277 g/mol. The Balaban J connectivity index is 2.96. The molecule has 20 heavy (non-hydrogen) atoms. The molecular formula is C17H31N3. The van der Waals surface area contributed by atoms with E-state index in [2.05, 4.69) is 62.0 Å². The zero-order valence-corrected chi connectivity index (χ0v) is 13.8. The van der Waals surface area contributed by atoms with Crippen LogP contribution in [0.1, 0.15) is 46.7 Å². The summed E-state index contributed by atoms with van der Waals surface area (Å²) in [6.45, 7) is 14.5. The molecule has 0 aliphatic carbocycles. The molecule has 0 saturated heterocycles. The number of hydrogen-bond donors (Lipinski definition) is 1. The summed E-state index contributed by atoms with van der Waals surface area (Å²) in [5, 5.41) is 3.69. The van der Waals surface area contributed by atoms with Gasteiger partial charge in [0, 0.05) is 29.9 Å².